The van der Waals surface area contributed by atoms with Crippen LogP contribution >= 0.6 is 0 Å². The molecule has 148 valence electrons. The molecule has 2 atom stereocenters. The van der Waals surface area contributed by atoms with E-state index in [1.165, 1.54) is 14.2 Å². The number of allylic oxidation sites excluding steroid dienone is 1. The molecule has 1 aliphatic rings. The zero-order valence-corrected chi connectivity index (χ0v) is 16.7. The molecule has 1 aromatic rings. The molecule has 0 radical (unpaired) electrons. The Hall–Kier alpha value is -2.63. The van der Waals surface area contributed by atoms with Crippen molar-refractivity contribution in [2.75, 3.05) is 28.4 Å². The van der Waals surface area contributed by atoms with E-state index in [0.29, 0.717) is 29.4 Å². The van der Waals surface area contributed by atoms with Crippen molar-refractivity contribution in [3.05, 3.63) is 58.9 Å². The second-order valence-electron chi connectivity index (χ2n) is 6.48. The van der Waals surface area contributed by atoms with E-state index in [9.17, 15) is 9.90 Å². The van der Waals surface area contributed by atoms with Crippen molar-refractivity contribution in [2.24, 2.45) is 5.92 Å². The van der Waals surface area contributed by atoms with Crippen LogP contribution in [0.15, 0.2) is 53.3 Å². The highest BCUT2D eigenvalue weighted by Gasteiger charge is 2.56. The van der Waals surface area contributed by atoms with E-state index >= 15 is 0 Å². The van der Waals surface area contributed by atoms with Gasteiger partial charge in [0.25, 0.3) is 0 Å². The van der Waals surface area contributed by atoms with Crippen molar-refractivity contribution >= 4 is 5.97 Å². The fraction of sp³-hybridized carbons (Fsp3) is 0.476. The number of carboxylic acid groups (broad SMARTS) is 1. The minimum absolute atomic E-state index is 0.354. The molecule has 6 heteroatoms. The molecular formula is C21H29NO5. The van der Waals surface area contributed by atoms with Gasteiger partial charge in [-0.15, -0.1) is 0 Å². The summed E-state index contributed by atoms with van der Waals surface area (Å²) in [6.45, 7) is 2.08. The second kappa shape index (κ2) is 8.84. The third-order valence-electron chi connectivity index (χ3n) is 5.19. The maximum Gasteiger partial charge on any atom is 0.314 e. The minimum atomic E-state index is -0.946. The maximum absolute atomic E-state index is 12.5. The monoisotopic (exact) mass is 375 g/mol. The quantitative estimate of drug-likeness (QED) is 0.689. The first-order chi connectivity index (χ1) is 13.0. The lowest BCUT2D eigenvalue weighted by molar-refractivity contribution is -0.143. The number of nitrogens with one attached hydrogen (secondary N) is 1. The molecule has 27 heavy (non-hydrogen) atoms. The third-order valence-corrected chi connectivity index (χ3v) is 5.19. The lowest BCUT2D eigenvalue weighted by atomic mass is 9.62. The highest BCUT2D eigenvalue weighted by atomic mass is 16.5. The summed E-state index contributed by atoms with van der Waals surface area (Å²) in [5, 5.41) is 13.3. The number of rotatable bonds is 9. The summed E-state index contributed by atoms with van der Waals surface area (Å²) in [6.07, 6.45) is 2.36. The number of hydrogen-bond acceptors (Lipinski definition) is 5. The molecule has 2 rings (SSSR count). The van der Waals surface area contributed by atoms with Gasteiger partial charge in [0.2, 0.25) is 5.76 Å². The Morgan fingerprint density at radius 3 is 2.19 bits per heavy atom. The molecule has 0 saturated heterocycles. The van der Waals surface area contributed by atoms with E-state index in [1.54, 1.807) is 14.2 Å². The first-order valence-corrected chi connectivity index (χ1v) is 9.10. The van der Waals surface area contributed by atoms with Gasteiger partial charge in [-0.05, 0) is 12.0 Å². The molecule has 6 nitrogen and oxygen atoms in total. The standard InChI is InChI=1S/C21H29NO5/c1-6-7-13-21(14-11-9-8-10-12-14)15(20(23)24)16(22-2)17(25-3)18(26-4)19(21)27-5/h8-12,15,22H,6-7,13H2,1-5H3,(H,23,24). The van der Waals surface area contributed by atoms with Crippen LogP contribution in [0.4, 0.5) is 0 Å². The van der Waals surface area contributed by atoms with Crippen LogP contribution in [0.3, 0.4) is 0 Å². The molecule has 1 aromatic carbocycles. The number of carboxylic acids is 1. The summed E-state index contributed by atoms with van der Waals surface area (Å²) in [5.41, 5.74) is 0.437. The lowest BCUT2D eigenvalue weighted by Crippen LogP contribution is -2.49. The van der Waals surface area contributed by atoms with Crippen LogP contribution < -0.4 is 5.32 Å². The van der Waals surface area contributed by atoms with Crippen LogP contribution in [0.1, 0.15) is 31.7 Å². The zero-order valence-electron chi connectivity index (χ0n) is 16.7. The molecule has 2 unspecified atom stereocenters. The Morgan fingerprint density at radius 1 is 1.11 bits per heavy atom. The molecule has 0 amide bonds. The van der Waals surface area contributed by atoms with Crippen molar-refractivity contribution in [1.29, 1.82) is 0 Å². The number of methoxy groups -OCH3 is 3. The zero-order chi connectivity index (χ0) is 20.0. The fourth-order valence-electron chi connectivity index (χ4n) is 4.08. The number of carbonyl (C=O) groups is 1. The number of aliphatic carboxylic acids is 1. The largest absolute Gasteiger partial charge is 0.496 e. The molecule has 2 N–H and O–H groups in total. The summed E-state index contributed by atoms with van der Waals surface area (Å²) >= 11 is 0. The summed E-state index contributed by atoms with van der Waals surface area (Å²) in [6, 6.07) is 9.64. The van der Waals surface area contributed by atoms with Crippen LogP contribution in [0.25, 0.3) is 0 Å². The van der Waals surface area contributed by atoms with E-state index < -0.39 is 17.3 Å². The highest BCUT2D eigenvalue weighted by Crippen LogP contribution is 2.52. The molecule has 0 aliphatic heterocycles. The first-order valence-electron chi connectivity index (χ1n) is 9.10. The van der Waals surface area contributed by atoms with Gasteiger partial charge in [-0.1, -0.05) is 50.1 Å². The molecule has 0 heterocycles. The Bertz CT molecular complexity index is 725. The summed E-state index contributed by atoms with van der Waals surface area (Å²) < 4.78 is 17.0. The van der Waals surface area contributed by atoms with Crippen molar-refractivity contribution < 1.29 is 24.1 Å². The highest BCUT2D eigenvalue weighted by molar-refractivity contribution is 5.79. The smallest absolute Gasteiger partial charge is 0.314 e. The minimum Gasteiger partial charge on any atom is -0.496 e. The van der Waals surface area contributed by atoms with Crippen molar-refractivity contribution in [3.8, 4) is 0 Å². The van der Waals surface area contributed by atoms with Crippen molar-refractivity contribution in [1.82, 2.24) is 5.32 Å². The summed E-state index contributed by atoms with van der Waals surface area (Å²) in [7, 11) is 6.29. The van der Waals surface area contributed by atoms with Crippen molar-refractivity contribution in [2.45, 2.75) is 31.6 Å². The van der Waals surface area contributed by atoms with Gasteiger partial charge >= 0.3 is 5.97 Å². The summed E-state index contributed by atoms with van der Waals surface area (Å²) in [5.74, 6) is -0.596. The summed E-state index contributed by atoms with van der Waals surface area (Å²) in [4.78, 5) is 12.5. The van der Waals surface area contributed by atoms with E-state index in [2.05, 4.69) is 12.2 Å². The number of unbranched alkanes of at least 4 members (excludes halogenated alkanes) is 1. The van der Waals surface area contributed by atoms with Gasteiger partial charge in [-0.25, -0.2) is 0 Å². The van der Waals surface area contributed by atoms with Gasteiger partial charge in [0, 0.05) is 7.05 Å². The predicted octanol–water partition coefficient (Wildman–Crippen LogP) is 3.41. The lowest BCUT2D eigenvalue weighted by Gasteiger charge is -2.44. The van der Waals surface area contributed by atoms with E-state index in [-0.39, 0.29) is 0 Å². The second-order valence-corrected chi connectivity index (χ2v) is 6.48. The molecule has 0 saturated carbocycles. The Labute approximate surface area is 160 Å². The molecule has 0 spiro atoms. The molecular weight excluding hydrogens is 346 g/mol. The van der Waals surface area contributed by atoms with Crippen LogP contribution in [0.2, 0.25) is 0 Å². The maximum atomic E-state index is 12.5. The van der Waals surface area contributed by atoms with E-state index in [4.69, 9.17) is 14.2 Å². The van der Waals surface area contributed by atoms with Gasteiger partial charge < -0.3 is 24.6 Å². The number of benzene rings is 1. The molecule has 0 fully saturated rings. The van der Waals surface area contributed by atoms with E-state index in [0.717, 1.165) is 18.4 Å². The van der Waals surface area contributed by atoms with Gasteiger partial charge in [0.1, 0.15) is 5.92 Å². The van der Waals surface area contributed by atoms with Crippen LogP contribution in [0, 0.1) is 5.92 Å². The van der Waals surface area contributed by atoms with Gasteiger partial charge in [0.05, 0.1) is 32.4 Å². The van der Waals surface area contributed by atoms with Crippen molar-refractivity contribution in [3.63, 3.8) is 0 Å². The van der Waals surface area contributed by atoms with Crippen LogP contribution in [0.5, 0.6) is 0 Å². The normalized spacial score (nSPS) is 22.5. The number of hydrogen-bond donors (Lipinski definition) is 2. The Balaban J connectivity index is 2.94. The predicted molar refractivity (Wildman–Crippen MR) is 103 cm³/mol. The average Bonchev–Trinajstić information content (AvgIpc) is 2.70. The SMILES string of the molecule is CCCCC1(c2ccccc2)C(OC)=C(OC)C(OC)=C(NC)C1C(=O)O. The van der Waals surface area contributed by atoms with Crippen LogP contribution in [-0.2, 0) is 24.4 Å². The number of ether oxygens (including phenoxy) is 3. The molecule has 1 aliphatic carbocycles. The topological polar surface area (TPSA) is 77.0 Å². The third kappa shape index (κ3) is 3.36. The van der Waals surface area contributed by atoms with Crippen LogP contribution in [-0.4, -0.2) is 39.5 Å². The Morgan fingerprint density at radius 2 is 1.74 bits per heavy atom. The Kier molecular flexibility index (Phi) is 6.77. The average molecular weight is 375 g/mol. The van der Waals surface area contributed by atoms with Gasteiger partial charge in [0.15, 0.2) is 11.5 Å². The first kappa shape index (κ1) is 20.7. The van der Waals surface area contributed by atoms with E-state index in [1.807, 2.05) is 30.3 Å². The van der Waals surface area contributed by atoms with Gasteiger partial charge in [-0.2, -0.15) is 0 Å². The van der Waals surface area contributed by atoms with Gasteiger partial charge in [-0.3, -0.25) is 4.79 Å². The molecule has 0 bridgehead atoms. The molecule has 0 aromatic heterocycles. The fourth-order valence-corrected chi connectivity index (χ4v) is 4.08.